The molecule has 0 aliphatic rings. The number of nitrogens with zero attached hydrogens (tertiary/aromatic N) is 3. The summed E-state index contributed by atoms with van der Waals surface area (Å²) in [4.78, 5) is 12.7. The predicted octanol–water partition coefficient (Wildman–Crippen LogP) is 8.13. The third kappa shape index (κ3) is 6.91. The summed E-state index contributed by atoms with van der Waals surface area (Å²) in [6.07, 6.45) is 1.49. The molecule has 0 aliphatic carbocycles. The number of hydrogen-bond acceptors (Lipinski definition) is 5. The van der Waals surface area contributed by atoms with Crippen LogP contribution in [0.25, 0.3) is 22.2 Å². The van der Waals surface area contributed by atoms with Crippen molar-refractivity contribution in [1.82, 2.24) is 15.0 Å². The summed E-state index contributed by atoms with van der Waals surface area (Å²) in [5.41, 5.74) is 1.46. The van der Waals surface area contributed by atoms with E-state index in [1.165, 1.54) is 12.4 Å². The molecular weight excluding hydrogens is 453 g/mol. The van der Waals surface area contributed by atoms with Crippen LogP contribution in [0.1, 0.15) is 45.6 Å². The quantitative estimate of drug-likeness (QED) is 0.257. The number of nitrogens with one attached hydrogen (secondary N) is 1. The minimum Gasteiger partial charge on any atom is -0.439 e. The molecule has 0 atom stereocenters. The molecule has 4 aromatic rings. The summed E-state index contributed by atoms with van der Waals surface area (Å²) in [5, 5.41) is 4.12. The van der Waals surface area contributed by atoms with Gasteiger partial charge < -0.3 is 10.1 Å². The first-order valence-corrected chi connectivity index (χ1v) is 11.7. The molecule has 5 nitrogen and oxygen atoms in total. The normalized spacial score (nSPS) is 11.0. The number of alkyl halides is 3. The van der Waals surface area contributed by atoms with Gasteiger partial charge in [-0.05, 0) is 36.8 Å². The van der Waals surface area contributed by atoms with Gasteiger partial charge in [-0.1, -0.05) is 45.7 Å². The molecule has 0 saturated carbocycles. The summed E-state index contributed by atoms with van der Waals surface area (Å²) in [6.45, 7) is 6.64. The van der Waals surface area contributed by atoms with Crippen molar-refractivity contribution < 1.29 is 17.9 Å². The molecule has 2 aromatic carbocycles. The maximum Gasteiger partial charge on any atom is 0.416 e. The van der Waals surface area contributed by atoms with E-state index in [1.54, 1.807) is 18.3 Å². The maximum atomic E-state index is 13.3. The van der Waals surface area contributed by atoms with E-state index in [-0.39, 0.29) is 5.88 Å². The summed E-state index contributed by atoms with van der Waals surface area (Å²) in [6, 6.07) is 14.5. The zero-order chi connectivity index (χ0) is 25.3. The van der Waals surface area contributed by atoms with Gasteiger partial charge in [-0.25, -0.2) is 9.97 Å². The van der Waals surface area contributed by atoms with Crippen LogP contribution < -0.4 is 10.1 Å². The molecule has 0 spiro atoms. The van der Waals surface area contributed by atoms with Crippen LogP contribution in [-0.2, 0) is 6.18 Å². The van der Waals surface area contributed by atoms with E-state index in [0.29, 0.717) is 29.2 Å². The molecule has 2 heterocycles. The number of aromatic nitrogens is 3. The van der Waals surface area contributed by atoms with Gasteiger partial charge in [0.15, 0.2) is 0 Å². The van der Waals surface area contributed by atoms with Crippen molar-refractivity contribution in [3.8, 4) is 22.9 Å². The highest BCUT2D eigenvalue weighted by atomic mass is 19.4. The summed E-state index contributed by atoms with van der Waals surface area (Å²) in [5.74, 6) is 0.836. The molecule has 184 valence electrons. The van der Waals surface area contributed by atoms with Crippen LogP contribution in [0, 0.1) is 0 Å². The third-order valence-corrected chi connectivity index (χ3v) is 5.16. The monoisotopic (exact) mass is 482 g/mol. The number of unbranched alkanes of at least 4 members (excludes halogenated alkanes) is 2. The van der Waals surface area contributed by atoms with Gasteiger partial charge >= 0.3 is 6.18 Å². The third-order valence-electron chi connectivity index (χ3n) is 5.16. The van der Waals surface area contributed by atoms with E-state index in [1.807, 2.05) is 38.1 Å². The van der Waals surface area contributed by atoms with Crippen molar-refractivity contribution in [1.29, 1.82) is 0 Å². The van der Waals surface area contributed by atoms with Crippen molar-refractivity contribution in [3.05, 3.63) is 72.7 Å². The van der Waals surface area contributed by atoms with Crippen molar-refractivity contribution in [2.24, 2.45) is 0 Å². The average Bonchev–Trinajstić information content (AvgIpc) is 2.87. The van der Waals surface area contributed by atoms with Gasteiger partial charge in [0.25, 0.3) is 0 Å². The topological polar surface area (TPSA) is 59.9 Å². The Morgan fingerprint density at radius 3 is 2.51 bits per heavy atom. The number of hydrogen-bond donors (Lipinski definition) is 1. The lowest BCUT2D eigenvalue weighted by Crippen LogP contribution is -2.08. The van der Waals surface area contributed by atoms with Crippen molar-refractivity contribution >= 4 is 16.6 Å². The predicted molar refractivity (Wildman–Crippen MR) is 134 cm³/mol. The largest absolute Gasteiger partial charge is 0.439 e. The molecule has 0 unspecified atom stereocenters. The van der Waals surface area contributed by atoms with Gasteiger partial charge in [0, 0.05) is 41.5 Å². The molecule has 2 aromatic heterocycles. The van der Waals surface area contributed by atoms with Gasteiger partial charge in [-0.15, -0.1) is 0 Å². The minimum absolute atomic E-state index is 0.284. The lowest BCUT2D eigenvalue weighted by atomic mass is 10.0. The molecule has 8 heteroatoms. The van der Waals surface area contributed by atoms with Crippen LogP contribution in [0.15, 0.2) is 67.1 Å². The van der Waals surface area contributed by atoms with Gasteiger partial charge in [-0.3, -0.25) is 4.98 Å². The number of ether oxygens (including phenoxy) is 1. The van der Waals surface area contributed by atoms with Gasteiger partial charge in [0.05, 0.1) is 16.8 Å². The van der Waals surface area contributed by atoms with Crippen LogP contribution in [0.5, 0.6) is 11.6 Å². The van der Waals surface area contributed by atoms with Crippen molar-refractivity contribution in [3.63, 3.8) is 0 Å². The number of halogens is 3. The van der Waals surface area contributed by atoms with E-state index in [4.69, 9.17) is 4.74 Å². The molecular formula is C27H29F3N4O. The maximum absolute atomic E-state index is 13.3. The number of rotatable bonds is 8. The number of benzene rings is 2. The highest BCUT2D eigenvalue weighted by Gasteiger charge is 2.31. The number of pyridine rings is 1. The molecule has 0 bridgehead atoms. The second-order valence-electron chi connectivity index (χ2n) is 7.59. The van der Waals surface area contributed by atoms with Crippen LogP contribution in [0.2, 0.25) is 0 Å². The lowest BCUT2D eigenvalue weighted by Gasteiger charge is -2.15. The first kappa shape index (κ1) is 25.9. The second kappa shape index (κ2) is 12.1. The highest BCUT2D eigenvalue weighted by Crippen LogP contribution is 2.36. The molecule has 0 amide bonds. The Balaban J connectivity index is 0.00000167. The number of fused-ring (bicyclic) bond motifs is 1. The first-order valence-electron chi connectivity index (χ1n) is 11.7. The van der Waals surface area contributed by atoms with E-state index in [9.17, 15) is 13.2 Å². The van der Waals surface area contributed by atoms with Crippen LogP contribution in [-0.4, -0.2) is 21.5 Å². The minimum atomic E-state index is -4.43. The smallest absolute Gasteiger partial charge is 0.416 e. The summed E-state index contributed by atoms with van der Waals surface area (Å²) in [7, 11) is 0. The molecule has 0 fully saturated rings. The fraction of sp³-hybridized carbons (Fsp3) is 0.296. The highest BCUT2D eigenvalue weighted by molar-refractivity contribution is 5.80. The summed E-state index contributed by atoms with van der Waals surface area (Å²) < 4.78 is 45.7. The Labute approximate surface area is 203 Å². The Morgan fingerprint density at radius 2 is 1.74 bits per heavy atom. The fourth-order valence-corrected chi connectivity index (χ4v) is 3.46. The standard InChI is InChI=1S/C25H23F3N4O.C2H6/c1-2-3-4-11-30-22-13-18(25(26,27)28)8-10-20(22)23-15-24(32-16-31-23)33-19-9-7-17-6-5-12-29-21(17)14-19;1-2/h5-10,12-16,30H,2-4,11H2,1H3;1-2H3. The van der Waals surface area contributed by atoms with E-state index in [2.05, 4.69) is 27.2 Å². The Kier molecular flexibility index (Phi) is 9.00. The molecule has 0 saturated heterocycles. The molecule has 0 aliphatic heterocycles. The molecule has 1 N–H and O–H groups in total. The fourth-order valence-electron chi connectivity index (χ4n) is 3.46. The van der Waals surface area contributed by atoms with Gasteiger partial charge in [-0.2, -0.15) is 13.2 Å². The number of anilines is 1. The Bertz CT molecular complexity index is 1240. The van der Waals surface area contributed by atoms with Gasteiger partial charge in [0.2, 0.25) is 5.88 Å². The van der Waals surface area contributed by atoms with Gasteiger partial charge in [0.1, 0.15) is 12.1 Å². The van der Waals surface area contributed by atoms with Crippen molar-refractivity contribution in [2.45, 2.75) is 46.2 Å². The lowest BCUT2D eigenvalue weighted by molar-refractivity contribution is -0.137. The first-order chi connectivity index (χ1) is 16.9. The molecule has 0 radical (unpaired) electrons. The van der Waals surface area contributed by atoms with Crippen LogP contribution in [0.3, 0.4) is 0 Å². The zero-order valence-electron chi connectivity index (χ0n) is 20.1. The van der Waals surface area contributed by atoms with Crippen molar-refractivity contribution in [2.75, 3.05) is 11.9 Å². The van der Waals surface area contributed by atoms with Crippen LogP contribution >= 0.6 is 0 Å². The van der Waals surface area contributed by atoms with E-state index >= 15 is 0 Å². The molecule has 35 heavy (non-hydrogen) atoms. The zero-order valence-corrected chi connectivity index (χ0v) is 20.1. The van der Waals surface area contributed by atoms with Crippen LogP contribution in [0.4, 0.5) is 18.9 Å². The van der Waals surface area contributed by atoms with E-state index in [0.717, 1.165) is 42.3 Å². The average molecular weight is 483 g/mol. The van der Waals surface area contributed by atoms with E-state index < -0.39 is 11.7 Å². The summed E-state index contributed by atoms with van der Waals surface area (Å²) >= 11 is 0. The Morgan fingerprint density at radius 1 is 0.914 bits per heavy atom. The SMILES string of the molecule is CC.CCCCCNc1cc(C(F)(F)F)ccc1-c1cc(Oc2ccc3cccnc3c2)ncn1. The second-order valence-corrected chi connectivity index (χ2v) is 7.59. The molecule has 4 rings (SSSR count). The Hall–Kier alpha value is -3.68.